The van der Waals surface area contributed by atoms with Gasteiger partial charge in [0.1, 0.15) is 5.76 Å². The third kappa shape index (κ3) is 2.59. The monoisotopic (exact) mass is 308 g/mol. The molecule has 1 aliphatic carbocycles. The molecule has 3 atom stereocenters. The zero-order chi connectivity index (χ0) is 15.2. The number of hydrogen-bond donors (Lipinski definition) is 0. The first-order valence-electron chi connectivity index (χ1n) is 7.72. The van der Waals surface area contributed by atoms with E-state index in [4.69, 9.17) is 16.0 Å². The smallest absolute Gasteiger partial charge is 0.169 e. The first kappa shape index (κ1) is 14.9. The molecule has 3 heteroatoms. The van der Waals surface area contributed by atoms with Crippen molar-refractivity contribution in [1.82, 2.24) is 0 Å². The molecule has 3 unspecified atom stereocenters. The van der Waals surface area contributed by atoms with Gasteiger partial charge in [-0.15, -0.1) is 11.6 Å². The molecule has 0 radical (unpaired) electrons. The van der Waals surface area contributed by atoms with Crippen LogP contribution in [0.1, 0.15) is 45.8 Å². The highest BCUT2D eigenvalue weighted by Crippen LogP contribution is 2.45. The van der Waals surface area contributed by atoms with E-state index in [1.165, 1.54) is 12.5 Å². The molecule has 114 valence electrons. The highest BCUT2D eigenvalue weighted by atomic mass is 35.5. The second kappa shape index (κ2) is 5.31. The second-order valence-electron chi connectivity index (χ2n) is 7.03. The number of furan rings is 1. The first-order chi connectivity index (χ1) is 9.89. The van der Waals surface area contributed by atoms with E-state index in [1.54, 1.807) is 6.07 Å². The lowest BCUT2D eigenvalue weighted by Gasteiger charge is -2.40. The van der Waals surface area contributed by atoms with Gasteiger partial charge in [-0.2, -0.15) is 0 Å². The largest absolute Gasteiger partial charge is 0.457 e. The van der Waals surface area contributed by atoms with Crippen molar-refractivity contribution >= 4 is 22.6 Å². The van der Waals surface area contributed by atoms with Crippen LogP contribution in [0.5, 0.6) is 0 Å². The minimum Gasteiger partial charge on any atom is -0.457 e. The van der Waals surface area contributed by atoms with Crippen LogP contribution in [0.3, 0.4) is 0 Å². The van der Waals surface area contributed by atoms with Gasteiger partial charge in [-0.05, 0) is 36.8 Å². The summed E-state index contributed by atoms with van der Waals surface area (Å²) < 4.78 is 19.7. The van der Waals surface area contributed by atoms with E-state index in [0.29, 0.717) is 17.4 Å². The van der Waals surface area contributed by atoms with Crippen LogP contribution in [-0.4, -0.2) is 5.38 Å². The van der Waals surface area contributed by atoms with Crippen molar-refractivity contribution in [2.45, 2.75) is 50.8 Å². The summed E-state index contributed by atoms with van der Waals surface area (Å²) in [6.07, 6.45) is 3.35. The number of benzene rings is 1. The number of fused-ring (bicyclic) bond motifs is 1. The minimum atomic E-state index is -0.297. The molecule has 1 fully saturated rings. The molecule has 1 aliphatic rings. The van der Waals surface area contributed by atoms with E-state index in [9.17, 15) is 4.39 Å². The maximum atomic E-state index is 13.8. The normalized spacial score (nSPS) is 27.2. The van der Waals surface area contributed by atoms with E-state index in [0.717, 1.165) is 24.0 Å². The van der Waals surface area contributed by atoms with E-state index in [1.807, 2.05) is 12.1 Å². The van der Waals surface area contributed by atoms with Crippen molar-refractivity contribution in [1.29, 1.82) is 0 Å². The molecule has 0 spiro atoms. The third-order valence-corrected chi connectivity index (χ3v) is 5.58. The van der Waals surface area contributed by atoms with Gasteiger partial charge in [0.2, 0.25) is 0 Å². The highest BCUT2D eigenvalue weighted by Gasteiger charge is 2.41. The first-order valence-corrected chi connectivity index (χ1v) is 8.16. The Balaban J connectivity index is 1.97. The van der Waals surface area contributed by atoms with Crippen LogP contribution in [0.2, 0.25) is 0 Å². The SMILES string of the molecule is CC1CCC(C(C)(C)c2cc3cccc(F)c3o2)C(Cl)C1. The van der Waals surface area contributed by atoms with E-state index in [-0.39, 0.29) is 16.6 Å². The van der Waals surface area contributed by atoms with Gasteiger partial charge in [0.25, 0.3) is 0 Å². The average Bonchev–Trinajstić information content (AvgIpc) is 2.84. The van der Waals surface area contributed by atoms with Crippen LogP contribution in [0.15, 0.2) is 28.7 Å². The molecule has 1 heterocycles. The summed E-state index contributed by atoms with van der Waals surface area (Å²) in [5.74, 6) is 1.59. The molecule has 3 rings (SSSR count). The summed E-state index contributed by atoms with van der Waals surface area (Å²) >= 11 is 6.63. The summed E-state index contributed by atoms with van der Waals surface area (Å²) in [5.41, 5.74) is 0.175. The van der Waals surface area contributed by atoms with E-state index >= 15 is 0 Å². The predicted octanol–water partition coefficient (Wildman–Crippen LogP) is 5.89. The number of para-hydroxylation sites is 1. The van der Waals surface area contributed by atoms with Crippen molar-refractivity contribution in [3.8, 4) is 0 Å². The molecule has 21 heavy (non-hydrogen) atoms. The maximum absolute atomic E-state index is 13.8. The lowest BCUT2D eigenvalue weighted by Crippen LogP contribution is -2.38. The van der Waals surface area contributed by atoms with Gasteiger partial charge in [-0.25, -0.2) is 4.39 Å². The summed E-state index contributed by atoms with van der Waals surface area (Å²) in [5, 5.41) is 0.982. The molecule has 1 nitrogen and oxygen atoms in total. The van der Waals surface area contributed by atoms with E-state index < -0.39 is 0 Å². The van der Waals surface area contributed by atoms with Crippen LogP contribution in [0, 0.1) is 17.7 Å². The number of halogens is 2. The third-order valence-electron chi connectivity index (χ3n) is 5.09. The van der Waals surface area contributed by atoms with Gasteiger partial charge in [0.05, 0.1) is 0 Å². The Morgan fingerprint density at radius 1 is 1.29 bits per heavy atom. The van der Waals surface area contributed by atoms with Crippen LogP contribution < -0.4 is 0 Å². The van der Waals surface area contributed by atoms with Crippen molar-refractivity contribution < 1.29 is 8.81 Å². The van der Waals surface area contributed by atoms with Crippen molar-refractivity contribution in [3.05, 3.63) is 35.8 Å². The summed E-state index contributed by atoms with van der Waals surface area (Å²) in [6.45, 7) is 6.59. The Kier molecular flexibility index (Phi) is 3.77. The Bertz CT molecular complexity index is 646. The number of rotatable bonds is 2. The van der Waals surface area contributed by atoms with Gasteiger partial charge in [0, 0.05) is 16.2 Å². The number of hydrogen-bond acceptors (Lipinski definition) is 1. The zero-order valence-electron chi connectivity index (χ0n) is 12.8. The highest BCUT2D eigenvalue weighted by molar-refractivity contribution is 6.20. The van der Waals surface area contributed by atoms with Gasteiger partial charge in [-0.1, -0.05) is 39.3 Å². The van der Waals surface area contributed by atoms with Crippen LogP contribution >= 0.6 is 11.6 Å². The van der Waals surface area contributed by atoms with Gasteiger partial charge in [-0.3, -0.25) is 0 Å². The Labute approximate surface area is 130 Å². The summed E-state index contributed by atoms with van der Waals surface area (Å²) in [6, 6.07) is 7.02. The maximum Gasteiger partial charge on any atom is 0.169 e. The molecule has 0 aliphatic heterocycles. The zero-order valence-corrected chi connectivity index (χ0v) is 13.6. The standard InChI is InChI=1S/C18H22ClFO/c1-11-7-8-13(14(19)9-11)18(2,3)16-10-12-5-4-6-15(20)17(12)21-16/h4-6,10-11,13-14H,7-9H2,1-3H3. The van der Waals surface area contributed by atoms with Crippen LogP contribution in [0.4, 0.5) is 4.39 Å². The predicted molar refractivity (Wildman–Crippen MR) is 85.3 cm³/mol. The van der Waals surface area contributed by atoms with E-state index in [2.05, 4.69) is 20.8 Å². The quantitative estimate of drug-likeness (QED) is 0.630. The Morgan fingerprint density at radius 2 is 2.05 bits per heavy atom. The van der Waals surface area contributed by atoms with Crippen molar-refractivity contribution in [2.24, 2.45) is 11.8 Å². The molecule has 2 aromatic rings. The molecule has 1 aromatic carbocycles. The summed E-state index contributed by atoms with van der Waals surface area (Å²) in [7, 11) is 0. The topological polar surface area (TPSA) is 13.1 Å². The molecule has 1 saturated carbocycles. The fourth-order valence-corrected chi connectivity index (χ4v) is 4.40. The van der Waals surface area contributed by atoms with Crippen molar-refractivity contribution in [2.75, 3.05) is 0 Å². The number of alkyl halides is 1. The second-order valence-corrected chi connectivity index (χ2v) is 7.59. The molecular weight excluding hydrogens is 287 g/mol. The lowest BCUT2D eigenvalue weighted by molar-refractivity contribution is 0.186. The molecular formula is C18H22ClFO. The van der Waals surface area contributed by atoms with Gasteiger partial charge >= 0.3 is 0 Å². The van der Waals surface area contributed by atoms with Crippen molar-refractivity contribution in [3.63, 3.8) is 0 Å². The minimum absolute atomic E-state index is 0.154. The average molecular weight is 309 g/mol. The lowest BCUT2D eigenvalue weighted by atomic mass is 9.67. The molecule has 0 N–H and O–H groups in total. The molecule has 0 saturated heterocycles. The Morgan fingerprint density at radius 3 is 2.71 bits per heavy atom. The van der Waals surface area contributed by atoms with Gasteiger partial charge in [0.15, 0.2) is 11.4 Å². The van der Waals surface area contributed by atoms with Crippen LogP contribution in [0.25, 0.3) is 11.0 Å². The molecule has 0 amide bonds. The van der Waals surface area contributed by atoms with Crippen LogP contribution in [-0.2, 0) is 5.41 Å². The molecule has 0 bridgehead atoms. The summed E-state index contributed by atoms with van der Waals surface area (Å²) in [4.78, 5) is 0. The fourth-order valence-electron chi connectivity index (χ4n) is 3.65. The fraction of sp³-hybridized carbons (Fsp3) is 0.556. The Hall–Kier alpha value is -1.02. The molecule has 1 aromatic heterocycles. The van der Waals surface area contributed by atoms with Gasteiger partial charge < -0.3 is 4.42 Å².